The molecule has 2 aromatic carbocycles. The molecule has 25 heavy (non-hydrogen) atoms. The first-order chi connectivity index (χ1) is 12.0. The van der Waals surface area contributed by atoms with Crippen LogP contribution in [0.25, 0.3) is 0 Å². The minimum absolute atomic E-state index is 0.149. The first-order valence-corrected chi connectivity index (χ1v) is 8.00. The largest absolute Gasteiger partial charge is 0.508 e. The Balaban J connectivity index is 1.69. The van der Waals surface area contributed by atoms with Crippen LogP contribution in [0.15, 0.2) is 42.5 Å². The average Bonchev–Trinajstić information content (AvgIpc) is 2.60. The van der Waals surface area contributed by atoms with Gasteiger partial charge in [-0.3, -0.25) is 20.4 Å². The van der Waals surface area contributed by atoms with Gasteiger partial charge in [-0.05, 0) is 55.2 Å². The fourth-order valence-corrected chi connectivity index (χ4v) is 2.16. The van der Waals surface area contributed by atoms with Gasteiger partial charge in [-0.15, -0.1) is 0 Å². The van der Waals surface area contributed by atoms with Crippen molar-refractivity contribution in [2.45, 2.75) is 26.7 Å². The maximum Gasteiger partial charge on any atom is 0.276 e. The van der Waals surface area contributed by atoms with E-state index in [0.29, 0.717) is 17.7 Å². The Morgan fingerprint density at radius 1 is 1.00 bits per heavy atom. The van der Waals surface area contributed by atoms with Crippen molar-refractivity contribution in [3.8, 4) is 11.5 Å². The zero-order chi connectivity index (χ0) is 18.2. The zero-order valence-corrected chi connectivity index (χ0v) is 14.3. The Bertz CT molecular complexity index is 759. The number of hydrogen-bond donors (Lipinski definition) is 3. The van der Waals surface area contributed by atoms with E-state index in [-0.39, 0.29) is 24.7 Å². The third-order valence-electron chi connectivity index (χ3n) is 3.80. The highest BCUT2D eigenvalue weighted by Crippen LogP contribution is 2.17. The number of carbonyl (C=O) groups excluding carboxylic acids is 2. The average molecular weight is 342 g/mol. The van der Waals surface area contributed by atoms with Crippen LogP contribution in [-0.4, -0.2) is 23.5 Å². The molecule has 0 unspecified atom stereocenters. The lowest BCUT2D eigenvalue weighted by atomic mass is 10.1. The van der Waals surface area contributed by atoms with Gasteiger partial charge in [0, 0.05) is 6.42 Å². The van der Waals surface area contributed by atoms with Crippen LogP contribution in [0.1, 0.15) is 23.1 Å². The van der Waals surface area contributed by atoms with Crippen LogP contribution < -0.4 is 15.6 Å². The highest BCUT2D eigenvalue weighted by molar-refractivity contribution is 5.82. The van der Waals surface area contributed by atoms with Gasteiger partial charge in [0.05, 0.1) is 0 Å². The first kappa shape index (κ1) is 18.3. The van der Waals surface area contributed by atoms with Crippen LogP contribution in [0.5, 0.6) is 11.5 Å². The molecule has 2 amide bonds. The molecule has 2 rings (SSSR count). The van der Waals surface area contributed by atoms with Gasteiger partial charge in [0.1, 0.15) is 11.5 Å². The second-order valence-electron chi connectivity index (χ2n) is 5.76. The summed E-state index contributed by atoms with van der Waals surface area (Å²) in [5.41, 5.74) is 7.54. The monoisotopic (exact) mass is 342 g/mol. The summed E-state index contributed by atoms with van der Waals surface area (Å²) in [6.45, 7) is 3.77. The van der Waals surface area contributed by atoms with Gasteiger partial charge in [0.2, 0.25) is 5.91 Å². The highest BCUT2D eigenvalue weighted by Gasteiger charge is 2.08. The van der Waals surface area contributed by atoms with E-state index in [4.69, 9.17) is 4.74 Å². The first-order valence-electron chi connectivity index (χ1n) is 8.00. The van der Waals surface area contributed by atoms with E-state index in [1.165, 1.54) is 0 Å². The van der Waals surface area contributed by atoms with Crippen molar-refractivity contribution in [2.24, 2.45) is 0 Å². The number of aromatic hydroxyl groups is 1. The molecule has 0 saturated carbocycles. The Morgan fingerprint density at radius 2 is 1.72 bits per heavy atom. The molecule has 6 nitrogen and oxygen atoms in total. The van der Waals surface area contributed by atoms with Crippen LogP contribution in [0.4, 0.5) is 0 Å². The van der Waals surface area contributed by atoms with Gasteiger partial charge in [-0.25, -0.2) is 0 Å². The minimum Gasteiger partial charge on any atom is -0.508 e. The lowest BCUT2D eigenvalue weighted by molar-refractivity contribution is -0.130. The lowest BCUT2D eigenvalue weighted by Gasteiger charge is -2.10. The molecule has 6 heteroatoms. The summed E-state index contributed by atoms with van der Waals surface area (Å²) in [6, 6.07) is 12.4. The Morgan fingerprint density at radius 3 is 2.44 bits per heavy atom. The molecule has 2 aromatic rings. The molecule has 0 aromatic heterocycles. The number of amides is 2. The molecule has 0 aliphatic heterocycles. The van der Waals surface area contributed by atoms with Crippen molar-refractivity contribution in [2.75, 3.05) is 6.61 Å². The third kappa shape index (κ3) is 5.84. The molecule has 0 heterocycles. The van der Waals surface area contributed by atoms with Gasteiger partial charge in [-0.2, -0.15) is 0 Å². The number of hydrogen-bond acceptors (Lipinski definition) is 4. The summed E-state index contributed by atoms with van der Waals surface area (Å²) in [7, 11) is 0. The molecule has 0 fully saturated rings. The Hall–Kier alpha value is -3.02. The molecule has 0 bridgehead atoms. The molecule has 132 valence electrons. The standard InChI is InChI=1S/C19H22N2O4/c1-13-7-9-16(11-14(13)2)25-12-19(24)21-20-18(23)10-8-15-5-3-4-6-17(15)22/h3-7,9,11,22H,8,10,12H2,1-2H3,(H,20,23)(H,21,24). The summed E-state index contributed by atoms with van der Waals surface area (Å²) in [4.78, 5) is 23.5. The minimum atomic E-state index is -0.450. The molecule has 0 saturated heterocycles. The van der Waals surface area contributed by atoms with Gasteiger partial charge in [0.25, 0.3) is 5.91 Å². The van der Waals surface area contributed by atoms with Crippen LogP contribution in [0, 0.1) is 13.8 Å². The smallest absolute Gasteiger partial charge is 0.276 e. The molecule has 0 atom stereocenters. The number of para-hydroxylation sites is 1. The molecular weight excluding hydrogens is 320 g/mol. The summed E-state index contributed by atoms with van der Waals surface area (Å²) >= 11 is 0. The van der Waals surface area contributed by atoms with E-state index >= 15 is 0 Å². The van der Waals surface area contributed by atoms with Gasteiger partial charge >= 0.3 is 0 Å². The number of hydrazine groups is 1. The van der Waals surface area contributed by atoms with Crippen molar-refractivity contribution in [1.82, 2.24) is 10.9 Å². The normalized spacial score (nSPS) is 10.2. The fraction of sp³-hybridized carbons (Fsp3) is 0.263. The van der Waals surface area contributed by atoms with E-state index in [2.05, 4.69) is 10.9 Å². The number of ether oxygens (including phenoxy) is 1. The molecule has 3 N–H and O–H groups in total. The van der Waals surface area contributed by atoms with Crippen LogP contribution >= 0.6 is 0 Å². The molecule has 0 radical (unpaired) electrons. The van der Waals surface area contributed by atoms with E-state index in [0.717, 1.165) is 11.1 Å². The molecule has 0 spiro atoms. The van der Waals surface area contributed by atoms with Crippen molar-refractivity contribution in [3.63, 3.8) is 0 Å². The quantitative estimate of drug-likeness (QED) is 0.702. The van der Waals surface area contributed by atoms with Gasteiger partial charge in [-0.1, -0.05) is 24.3 Å². The number of aryl methyl sites for hydroxylation is 3. The number of rotatable bonds is 6. The van der Waals surface area contributed by atoms with Crippen LogP contribution in [0.2, 0.25) is 0 Å². The number of carbonyl (C=O) groups is 2. The predicted octanol–water partition coefficient (Wildman–Crippen LogP) is 2.17. The maximum atomic E-state index is 11.7. The fourth-order valence-electron chi connectivity index (χ4n) is 2.16. The number of phenols is 1. The molecule has 0 aliphatic carbocycles. The molecular formula is C19H22N2O4. The topological polar surface area (TPSA) is 87.7 Å². The van der Waals surface area contributed by atoms with Crippen molar-refractivity contribution in [1.29, 1.82) is 0 Å². The van der Waals surface area contributed by atoms with Crippen LogP contribution in [0.3, 0.4) is 0 Å². The number of phenolic OH excluding ortho intramolecular Hbond substituents is 1. The van der Waals surface area contributed by atoms with Crippen LogP contribution in [-0.2, 0) is 16.0 Å². The van der Waals surface area contributed by atoms with Crippen molar-refractivity contribution in [3.05, 3.63) is 59.2 Å². The highest BCUT2D eigenvalue weighted by atomic mass is 16.5. The van der Waals surface area contributed by atoms with E-state index in [1.54, 1.807) is 30.3 Å². The summed E-state index contributed by atoms with van der Waals surface area (Å²) < 4.78 is 5.38. The zero-order valence-electron chi connectivity index (χ0n) is 14.3. The number of benzene rings is 2. The Labute approximate surface area is 146 Å². The van der Waals surface area contributed by atoms with E-state index < -0.39 is 5.91 Å². The van der Waals surface area contributed by atoms with E-state index in [1.807, 2.05) is 26.0 Å². The van der Waals surface area contributed by atoms with Gasteiger partial charge in [0.15, 0.2) is 6.61 Å². The van der Waals surface area contributed by atoms with Crippen molar-refractivity contribution >= 4 is 11.8 Å². The third-order valence-corrected chi connectivity index (χ3v) is 3.80. The maximum absolute atomic E-state index is 11.7. The lowest BCUT2D eigenvalue weighted by Crippen LogP contribution is -2.43. The SMILES string of the molecule is Cc1ccc(OCC(=O)NNC(=O)CCc2ccccc2O)cc1C. The summed E-state index contributed by atoms with van der Waals surface area (Å²) in [5.74, 6) is -0.0397. The summed E-state index contributed by atoms with van der Waals surface area (Å²) in [5, 5.41) is 9.64. The van der Waals surface area contributed by atoms with E-state index in [9.17, 15) is 14.7 Å². The second kappa shape index (κ2) is 8.73. The predicted molar refractivity (Wildman–Crippen MR) is 94.1 cm³/mol. The number of nitrogens with one attached hydrogen (secondary N) is 2. The summed E-state index contributed by atoms with van der Waals surface area (Å²) in [6.07, 6.45) is 0.531. The van der Waals surface area contributed by atoms with Gasteiger partial charge < -0.3 is 9.84 Å². The second-order valence-corrected chi connectivity index (χ2v) is 5.76. The molecule has 0 aliphatic rings. The Kier molecular flexibility index (Phi) is 6.39. The van der Waals surface area contributed by atoms with Crippen molar-refractivity contribution < 1.29 is 19.4 Å².